The summed E-state index contributed by atoms with van der Waals surface area (Å²) in [5, 5.41) is 9.90. The van der Waals surface area contributed by atoms with Crippen LogP contribution in [0.3, 0.4) is 0 Å². The monoisotopic (exact) mass is 334 g/mol. The minimum atomic E-state index is -4.04. The number of aryl methyl sites for hydroxylation is 1. The van der Waals surface area contributed by atoms with Gasteiger partial charge >= 0.3 is 5.97 Å². The summed E-state index contributed by atoms with van der Waals surface area (Å²) in [6.45, 7) is 6.93. The first-order valence-corrected chi connectivity index (χ1v) is 8.44. The number of rotatable bonds is 6. The topological polar surface area (TPSA) is 96.4 Å². The largest absolute Gasteiger partial charge is 0.480 e. The Labute approximate surface area is 134 Å². The molecule has 23 heavy (non-hydrogen) atoms. The highest BCUT2D eigenvalue weighted by Gasteiger charge is 2.28. The predicted molar refractivity (Wildman–Crippen MR) is 87.7 cm³/mol. The van der Waals surface area contributed by atoms with Crippen LogP contribution in [-0.4, -0.2) is 30.5 Å². The fourth-order valence-corrected chi connectivity index (χ4v) is 3.93. The molecule has 2 aromatic rings. The molecule has 122 valence electrons. The van der Waals surface area contributed by atoms with E-state index in [0.717, 1.165) is 0 Å². The molecule has 0 aliphatic carbocycles. The second-order valence-electron chi connectivity index (χ2n) is 5.46. The van der Waals surface area contributed by atoms with E-state index in [2.05, 4.69) is 16.3 Å². The lowest BCUT2D eigenvalue weighted by atomic mass is 10.1. The van der Waals surface area contributed by atoms with Crippen LogP contribution in [0.25, 0.3) is 10.9 Å². The molecule has 0 bridgehead atoms. The summed E-state index contributed by atoms with van der Waals surface area (Å²) in [5.41, 5.74) is 1.40. The Kier molecular flexibility index (Phi) is 4.82. The zero-order valence-corrected chi connectivity index (χ0v) is 13.7. The van der Waals surface area contributed by atoms with E-state index in [9.17, 15) is 18.3 Å². The molecule has 0 saturated carbocycles. The number of pyridine rings is 1. The van der Waals surface area contributed by atoms with Gasteiger partial charge in [-0.25, -0.2) is 8.42 Å². The molecule has 0 amide bonds. The van der Waals surface area contributed by atoms with Gasteiger partial charge in [0.05, 0.1) is 5.52 Å². The maximum absolute atomic E-state index is 12.7. The van der Waals surface area contributed by atoms with Gasteiger partial charge in [0.1, 0.15) is 10.9 Å². The van der Waals surface area contributed by atoms with Gasteiger partial charge in [0.15, 0.2) is 0 Å². The van der Waals surface area contributed by atoms with Crippen LogP contribution in [0.15, 0.2) is 47.5 Å². The van der Waals surface area contributed by atoms with E-state index in [-0.39, 0.29) is 11.3 Å². The van der Waals surface area contributed by atoms with Gasteiger partial charge < -0.3 is 5.11 Å². The molecule has 0 spiro atoms. The summed E-state index contributed by atoms with van der Waals surface area (Å²) >= 11 is 0. The van der Waals surface area contributed by atoms with E-state index in [1.807, 2.05) is 0 Å². The number of nitrogens with zero attached hydrogens (tertiary/aromatic N) is 1. The third kappa shape index (κ3) is 3.75. The number of fused-ring (bicyclic) bond motifs is 1. The molecular weight excluding hydrogens is 316 g/mol. The summed E-state index contributed by atoms with van der Waals surface area (Å²) in [4.78, 5) is 15.4. The van der Waals surface area contributed by atoms with Gasteiger partial charge in [-0.1, -0.05) is 23.8 Å². The van der Waals surface area contributed by atoms with Gasteiger partial charge in [0.25, 0.3) is 0 Å². The van der Waals surface area contributed by atoms with E-state index in [1.165, 1.54) is 6.20 Å². The van der Waals surface area contributed by atoms with Crippen LogP contribution in [-0.2, 0) is 14.8 Å². The number of carbonyl (C=O) groups is 1. The molecule has 1 aromatic carbocycles. The van der Waals surface area contributed by atoms with E-state index in [0.29, 0.717) is 22.0 Å². The van der Waals surface area contributed by atoms with Crippen molar-refractivity contribution in [1.82, 2.24) is 9.71 Å². The zero-order valence-electron chi connectivity index (χ0n) is 12.9. The zero-order chi connectivity index (χ0) is 17.2. The molecule has 1 unspecified atom stereocenters. The van der Waals surface area contributed by atoms with E-state index < -0.39 is 22.0 Å². The second-order valence-corrected chi connectivity index (χ2v) is 7.11. The Morgan fingerprint density at radius 1 is 1.39 bits per heavy atom. The Balaban J connectivity index is 2.53. The number of sulfonamides is 1. The molecule has 0 aliphatic rings. The van der Waals surface area contributed by atoms with Crippen molar-refractivity contribution in [1.29, 1.82) is 0 Å². The number of carboxylic acid groups (broad SMARTS) is 1. The normalized spacial score (nSPS) is 13.0. The van der Waals surface area contributed by atoms with Crippen LogP contribution in [0, 0.1) is 6.92 Å². The van der Waals surface area contributed by atoms with Crippen molar-refractivity contribution in [3.63, 3.8) is 0 Å². The van der Waals surface area contributed by atoms with E-state index >= 15 is 0 Å². The molecule has 1 aromatic heterocycles. The van der Waals surface area contributed by atoms with Gasteiger partial charge in [-0.15, -0.1) is 6.58 Å². The molecule has 1 heterocycles. The quantitative estimate of drug-likeness (QED) is 0.790. The summed E-state index contributed by atoms with van der Waals surface area (Å²) in [5.74, 6) is -1.25. The van der Waals surface area contributed by atoms with Crippen LogP contribution in [0.1, 0.15) is 18.9 Å². The van der Waals surface area contributed by atoms with Gasteiger partial charge in [-0.2, -0.15) is 4.72 Å². The van der Waals surface area contributed by atoms with Gasteiger partial charge in [-0.3, -0.25) is 9.78 Å². The van der Waals surface area contributed by atoms with Gasteiger partial charge in [0.2, 0.25) is 10.0 Å². The number of aliphatic carboxylic acids is 1. The van der Waals surface area contributed by atoms with Gasteiger partial charge in [0, 0.05) is 11.6 Å². The highest BCUT2D eigenvalue weighted by atomic mass is 32.2. The predicted octanol–water partition coefficient (Wildman–Crippen LogP) is 2.24. The van der Waals surface area contributed by atoms with Crippen LogP contribution >= 0.6 is 0 Å². The molecule has 2 rings (SSSR count). The molecule has 7 heteroatoms. The Morgan fingerprint density at radius 3 is 2.70 bits per heavy atom. The summed E-state index contributed by atoms with van der Waals surface area (Å²) < 4.78 is 27.7. The maximum Gasteiger partial charge on any atom is 0.322 e. The van der Waals surface area contributed by atoms with Crippen LogP contribution in [0.4, 0.5) is 0 Å². The van der Waals surface area contributed by atoms with Crippen LogP contribution in [0.2, 0.25) is 0 Å². The standard InChI is InChI=1S/C16H18N2O4S/c1-10(2)9-13(16(19)20)18-23(21,22)15-11(3)6-7-12-5-4-8-17-14(12)15/h4-8,13,18H,1,9H2,2-3H3,(H,19,20). The van der Waals surface area contributed by atoms with E-state index in [4.69, 9.17) is 0 Å². The molecule has 0 fully saturated rings. The van der Waals surface area contributed by atoms with E-state index in [1.54, 1.807) is 38.1 Å². The van der Waals surface area contributed by atoms with Crippen molar-refractivity contribution in [3.8, 4) is 0 Å². The smallest absolute Gasteiger partial charge is 0.322 e. The van der Waals surface area contributed by atoms with Crippen molar-refractivity contribution in [2.75, 3.05) is 0 Å². The van der Waals surface area contributed by atoms with Crippen molar-refractivity contribution in [2.24, 2.45) is 0 Å². The highest BCUT2D eigenvalue weighted by Crippen LogP contribution is 2.25. The fraction of sp³-hybridized carbons (Fsp3) is 0.250. The number of hydrogen-bond acceptors (Lipinski definition) is 4. The second kappa shape index (κ2) is 6.47. The summed E-state index contributed by atoms with van der Waals surface area (Å²) in [7, 11) is -4.04. The molecule has 2 N–H and O–H groups in total. The highest BCUT2D eigenvalue weighted by molar-refractivity contribution is 7.89. The maximum atomic E-state index is 12.7. The lowest BCUT2D eigenvalue weighted by Crippen LogP contribution is -2.41. The van der Waals surface area contributed by atoms with Crippen molar-refractivity contribution in [2.45, 2.75) is 31.2 Å². The molecule has 0 saturated heterocycles. The fourth-order valence-electron chi connectivity index (χ4n) is 2.33. The summed E-state index contributed by atoms with van der Waals surface area (Å²) in [6, 6.07) is 5.65. The molecule has 0 radical (unpaired) electrons. The minimum absolute atomic E-state index is 0.00330. The third-order valence-corrected chi connectivity index (χ3v) is 4.99. The molecule has 6 nitrogen and oxygen atoms in total. The Bertz CT molecular complexity index is 875. The first-order chi connectivity index (χ1) is 10.7. The number of hydrogen-bond donors (Lipinski definition) is 2. The lowest BCUT2D eigenvalue weighted by Gasteiger charge is -2.17. The lowest BCUT2D eigenvalue weighted by molar-refractivity contribution is -0.138. The molecule has 1 atom stereocenters. The van der Waals surface area contributed by atoms with Gasteiger partial charge in [-0.05, 0) is 31.9 Å². The number of benzene rings is 1. The number of nitrogens with one attached hydrogen (secondary N) is 1. The minimum Gasteiger partial charge on any atom is -0.480 e. The Morgan fingerprint density at radius 2 is 2.09 bits per heavy atom. The average Bonchev–Trinajstić information content (AvgIpc) is 2.45. The Hall–Kier alpha value is -2.25. The molecular formula is C16H18N2O4S. The SMILES string of the molecule is C=C(C)CC(NS(=O)(=O)c1c(C)ccc2cccnc12)C(=O)O. The van der Waals surface area contributed by atoms with Crippen LogP contribution < -0.4 is 4.72 Å². The number of aromatic nitrogens is 1. The van der Waals surface area contributed by atoms with Crippen molar-refractivity contribution < 1.29 is 18.3 Å². The first kappa shape index (κ1) is 17.1. The summed E-state index contributed by atoms with van der Waals surface area (Å²) in [6.07, 6.45) is 1.52. The average molecular weight is 334 g/mol. The molecule has 0 aliphatic heterocycles. The third-order valence-electron chi connectivity index (χ3n) is 3.34. The van der Waals surface area contributed by atoms with Crippen LogP contribution in [0.5, 0.6) is 0 Å². The van der Waals surface area contributed by atoms with Crippen molar-refractivity contribution >= 4 is 26.9 Å². The first-order valence-electron chi connectivity index (χ1n) is 6.96. The number of carboxylic acids is 1. The van der Waals surface area contributed by atoms with Crippen molar-refractivity contribution in [3.05, 3.63) is 48.2 Å².